The molecule has 0 bridgehead atoms. The van der Waals surface area contributed by atoms with E-state index < -0.39 is 0 Å². The lowest BCUT2D eigenvalue weighted by molar-refractivity contribution is 0.0904. The molecule has 0 saturated carbocycles. The average molecular weight is 275 g/mol. The first-order chi connectivity index (χ1) is 8.81. The Kier molecular flexibility index (Phi) is 22.7. The molecule has 0 aliphatic carbocycles. The van der Waals surface area contributed by atoms with Gasteiger partial charge in [-0.1, -0.05) is 82.1 Å². The molecule has 1 saturated heterocycles. The van der Waals surface area contributed by atoms with Gasteiger partial charge in [-0.3, -0.25) is 0 Å². The van der Waals surface area contributed by atoms with Gasteiger partial charge in [0.15, 0.2) is 0 Å². The van der Waals surface area contributed by atoms with Crippen LogP contribution >= 0.6 is 0 Å². The molecule has 3 atom stereocenters. The van der Waals surface area contributed by atoms with Crippen LogP contribution < -0.4 is 0 Å². The van der Waals surface area contributed by atoms with E-state index in [1.807, 2.05) is 0 Å². The third-order valence-corrected chi connectivity index (χ3v) is 2.46. The number of hydrogen-bond acceptors (Lipinski definition) is 1. The van der Waals surface area contributed by atoms with Crippen LogP contribution in [0.25, 0.3) is 0 Å². The summed E-state index contributed by atoms with van der Waals surface area (Å²) in [5.74, 6) is 2.38. The zero-order chi connectivity index (χ0) is 15.8. The normalized spacial score (nSPS) is 24.5. The maximum atomic E-state index is 5.53. The summed E-state index contributed by atoms with van der Waals surface area (Å²) in [4.78, 5) is 0. The Morgan fingerprint density at radius 2 is 1.21 bits per heavy atom. The minimum atomic E-state index is 0.542. The van der Waals surface area contributed by atoms with E-state index in [9.17, 15) is 0 Å². The quantitative estimate of drug-likeness (QED) is 0.526. The Morgan fingerprint density at radius 1 is 0.895 bits per heavy atom. The molecule has 1 aliphatic rings. The molecule has 1 rings (SSSR count). The summed E-state index contributed by atoms with van der Waals surface area (Å²) in [6.45, 7) is 22.7. The number of ether oxygens (including phenoxy) is 1. The van der Waals surface area contributed by atoms with Crippen LogP contribution in [0.5, 0.6) is 0 Å². The molecule has 0 aromatic rings. The van der Waals surface area contributed by atoms with Crippen LogP contribution in [0, 0.1) is 17.8 Å². The highest BCUT2D eigenvalue weighted by Gasteiger charge is 2.28. The van der Waals surface area contributed by atoms with Crippen molar-refractivity contribution in [3.8, 4) is 0 Å². The zero-order valence-corrected chi connectivity index (χ0v) is 15.5. The van der Waals surface area contributed by atoms with Gasteiger partial charge in [-0.25, -0.2) is 0 Å². The first-order valence-electron chi connectivity index (χ1n) is 8.43. The monoisotopic (exact) mass is 274 g/mol. The maximum Gasteiger partial charge on any atom is 0.0601 e. The van der Waals surface area contributed by atoms with Crippen LogP contribution in [0.1, 0.15) is 88.5 Å². The standard InChI is InChI=1S/C8H16O.C4H10.2C3H8/c1-4-8-7(3)6(2)5-9-8;1-4(2)3;2*1-3-2/h6-8H,4-5H2,1-3H3;4H,1-3H3;2*3H2,1-2H3. The summed E-state index contributed by atoms with van der Waals surface area (Å²) >= 11 is 0. The molecule has 0 N–H and O–H groups in total. The van der Waals surface area contributed by atoms with Gasteiger partial charge < -0.3 is 4.74 Å². The third kappa shape index (κ3) is 20.4. The van der Waals surface area contributed by atoms with Crippen molar-refractivity contribution in [3.63, 3.8) is 0 Å². The van der Waals surface area contributed by atoms with E-state index in [2.05, 4.69) is 69.2 Å². The largest absolute Gasteiger partial charge is 0.378 e. The summed E-state index contributed by atoms with van der Waals surface area (Å²) in [7, 11) is 0. The summed E-state index contributed by atoms with van der Waals surface area (Å²) < 4.78 is 5.53. The van der Waals surface area contributed by atoms with Crippen molar-refractivity contribution in [1.82, 2.24) is 0 Å². The van der Waals surface area contributed by atoms with Gasteiger partial charge in [-0.15, -0.1) is 0 Å². The van der Waals surface area contributed by atoms with Gasteiger partial charge in [-0.05, 0) is 24.2 Å². The maximum absolute atomic E-state index is 5.53. The lowest BCUT2D eigenvalue weighted by Gasteiger charge is -2.12. The molecule has 1 heterocycles. The van der Waals surface area contributed by atoms with Crippen LogP contribution in [0.15, 0.2) is 0 Å². The summed E-state index contributed by atoms with van der Waals surface area (Å²) in [6, 6.07) is 0. The second kappa shape index (κ2) is 18.0. The molecule has 3 unspecified atom stereocenters. The minimum absolute atomic E-state index is 0.542. The molecule has 1 fully saturated rings. The van der Waals surface area contributed by atoms with Gasteiger partial charge in [0.25, 0.3) is 0 Å². The van der Waals surface area contributed by atoms with Crippen molar-refractivity contribution in [1.29, 1.82) is 0 Å². The van der Waals surface area contributed by atoms with Crippen LogP contribution in [0.2, 0.25) is 0 Å². The predicted octanol–water partition coefficient (Wildman–Crippen LogP) is 6.56. The third-order valence-electron chi connectivity index (χ3n) is 2.46. The van der Waals surface area contributed by atoms with Crippen LogP contribution in [-0.4, -0.2) is 12.7 Å². The Hall–Kier alpha value is -0.0400. The summed E-state index contributed by atoms with van der Waals surface area (Å²) in [5.41, 5.74) is 0. The van der Waals surface area contributed by atoms with Crippen LogP contribution in [0.3, 0.4) is 0 Å². The van der Waals surface area contributed by atoms with Gasteiger partial charge >= 0.3 is 0 Å². The zero-order valence-electron chi connectivity index (χ0n) is 15.5. The Balaban J connectivity index is -0.000000216. The molecule has 1 nitrogen and oxygen atoms in total. The van der Waals surface area contributed by atoms with E-state index in [1.54, 1.807) is 0 Å². The Morgan fingerprint density at radius 3 is 1.32 bits per heavy atom. The van der Waals surface area contributed by atoms with Crippen molar-refractivity contribution in [2.45, 2.75) is 94.6 Å². The lowest BCUT2D eigenvalue weighted by atomic mass is 9.93. The smallest absolute Gasteiger partial charge is 0.0601 e. The summed E-state index contributed by atoms with van der Waals surface area (Å²) in [5, 5.41) is 0. The fourth-order valence-corrected chi connectivity index (χ4v) is 1.44. The second-order valence-corrected chi connectivity index (χ2v) is 6.26. The van der Waals surface area contributed by atoms with E-state index in [0.717, 1.165) is 24.4 Å². The average Bonchev–Trinajstić information content (AvgIpc) is 2.61. The molecule has 120 valence electrons. The topological polar surface area (TPSA) is 9.23 Å². The summed E-state index contributed by atoms with van der Waals surface area (Å²) in [6.07, 6.45) is 4.21. The molecular weight excluding hydrogens is 232 g/mol. The highest BCUT2D eigenvalue weighted by Crippen LogP contribution is 2.27. The fraction of sp³-hybridized carbons (Fsp3) is 1.00. The molecular formula is C18H42O. The Labute approximate surface area is 124 Å². The van der Waals surface area contributed by atoms with E-state index in [4.69, 9.17) is 4.74 Å². The van der Waals surface area contributed by atoms with Crippen LogP contribution in [0.4, 0.5) is 0 Å². The van der Waals surface area contributed by atoms with Crippen molar-refractivity contribution in [3.05, 3.63) is 0 Å². The molecule has 0 aromatic heterocycles. The molecule has 0 aromatic carbocycles. The van der Waals surface area contributed by atoms with Gasteiger partial charge in [0.2, 0.25) is 0 Å². The van der Waals surface area contributed by atoms with Crippen molar-refractivity contribution in [2.75, 3.05) is 6.61 Å². The molecule has 1 aliphatic heterocycles. The van der Waals surface area contributed by atoms with E-state index >= 15 is 0 Å². The van der Waals surface area contributed by atoms with Crippen molar-refractivity contribution in [2.24, 2.45) is 17.8 Å². The van der Waals surface area contributed by atoms with Crippen molar-refractivity contribution < 1.29 is 4.74 Å². The molecule has 1 heteroatoms. The first kappa shape index (κ1) is 24.0. The minimum Gasteiger partial charge on any atom is -0.378 e. The van der Waals surface area contributed by atoms with Gasteiger partial charge in [-0.2, -0.15) is 0 Å². The highest BCUT2D eigenvalue weighted by atomic mass is 16.5. The second-order valence-electron chi connectivity index (χ2n) is 6.26. The highest BCUT2D eigenvalue weighted by molar-refractivity contribution is 4.76. The van der Waals surface area contributed by atoms with E-state index in [0.29, 0.717) is 6.10 Å². The van der Waals surface area contributed by atoms with Gasteiger partial charge in [0.05, 0.1) is 6.10 Å². The van der Waals surface area contributed by atoms with E-state index in [1.165, 1.54) is 19.3 Å². The number of hydrogen-bond donors (Lipinski definition) is 0. The van der Waals surface area contributed by atoms with Crippen LogP contribution in [-0.2, 0) is 4.74 Å². The fourth-order valence-electron chi connectivity index (χ4n) is 1.44. The SMILES string of the molecule is CC(C)C.CCC.CCC.CCC1OCC(C)C1C. The molecule has 0 radical (unpaired) electrons. The molecule has 0 spiro atoms. The van der Waals surface area contributed by atoms with Crippen molar-refractivity contribution >= 4 is 0 Å². The number of rotatable bonds is 1. The molecule has 0 amide bonds. The predicted molar refractivity (Wildman–Crippen MR) is 90.8 cm³/mol. The molecule has 19 heavy (non-hydrogen) atoms. The van der Waals surface area contributed by atoms with E-state index in [-0.39, 0.29) is 0 Å². The first-order valence-corrected chi connectivity index (χ1v) is 8.43. The Bertz CT molecular complexity index is 138. The van der Waals surface area contributed by atoms with Gasteiger partial charge in [0, 0.05) is 6.61 Å². The van der Waals surface area contributed by atoms with Gasteiger partial charge in [0.1, 0.15) is 0 Å². The lowest BCUT2D eigenvalue weighted by Crippen LogP contribution is -2.14.